The number of hydrogen-bond donors (Lipinski definition) is 4. The second-order valence-electron chi connectivity index (χ2n) is 13.6. The summed E-state index contributed by atoms with van der Waals surface area (Å²) in [6.07, 6.45) is 11.5. The van der Waals surface area contributed by atoms with Gasteiger partial charge in [-0.2, -0.15) is 0 Å². The van der Waals surface area contributed by atoms with Crippen LogP contribution in [0.1, 0.15) is 78.5 Å². The zero-order valence-corrected chi connectivity index (χ0v) is 28.3. The van der Waals surface area contributed by atoms with Gasteiger partial charge in [0.05, 0.1) is 22.8 Å². The van der Waals surface area contributed by atoms with Crippen LogP contribution in [0.2, 0.25) is 0 Å². The van der Waals surface area contributed by atoms with Crippen LogP contribution in [-0.2, 0) is 14.4 Å². The molecule has 13 nitrogen and oxygen atoms in total. The lowest BCUT2D eigenvalue weighted by Gasteiger charge is -2.40. The number of anilines is 1. The number of hydrogen-bond acceptors (Lipinski definition) is 10. The van der Waals surface area contributed by atoms with E-state index in [1.807, 2.05) is 4.90 Å². The van der Waals surface area contributed by atoms with E-state index >= 15 is 4.39 Å². The molecule has 3 saturated heterocycles. The molecule has 4 fully saturated rings. The number of likely N-dealkylation sites (tertiary alicyclic amines) is 1. The number of carbonyl (C=O) groups is 5. The van der Waals surface area contributed by atoms with Crippen LogP contribution < -0.4 is 27.0 Å². The maximum Gasteiger partial charge on any atom is 0.267 e. The highest BCUT2D eigenvalue weighted by Gasteiger charge is 2.34. The molecule has 1 saturated carbocycles. The van der Waals surface area contributed by atoms with Gasteiger partial charge in [0.25, 0.3) is 11.8 Å². The van der Waals surface area contributed by atoms with Crippen molar-refractivity contribution in [3.63, 3.8) is 0 Å². The lowest BCUT2D eigenvalue weighted by atomic mass is 9.95. The van der Waals surface area contributed by atoms with Crippen molar-refractivity contribution in [3.05, 3.63) is 52.7 Å². The van der Waals surface area contributed by atoms with E-state index in [0.29, 0.717) is 31.1 Å². The molecule has 14 heteroatoms. The fourth-order valence-electron chi connectivity index (χ4n) is 7.27. The van der Waals surface area contributed by atoms with Gasteiger partial charge in [0.15, 0.2) is 6.29 Å². The number of imide groups is 1. The van der Waals surface area contributed by atoms with Crippen LogP contribution in [0.5, 0.6) is 0 Å². The Kier molecular flexibility index (Phi) is 11.9. The predicted molar refractivity (Wildman–Crippen MR) is 183 cm³/mol. The molecule has 1 aromatic rings. The third-order valence-corrected chi connectivity index (χ3v) is 10.3. The SMILES string of the molecule is CN(C(=O)c1cc(F)c(N2CCN(CC3CCN(/C(N)=C/C=C(\N)C(=O)NC4CCCCC4)CC3)CC2)cc1C=O)C1CCC(=O)NC1=O. The monoisotopic (exact) mass is 680 g/mol. The highest BCUT2D eigenvalue weighted by Crippen LogP contribution is 2.27. The van der Waals surface area contributed by atoms with Gasteiger partial charge in [-0.15, -0.1) is 0 Å². The van der Waals surface area contributed by atoms with Crippen molar-refractivity contribution in [2.24, 2.45) is 17.4 Å². The number of piperazine rings is 1. The molecule has 3 heterocycles. The first kappa shape index (κ1) is 35.8. The first-order chi connectivity index (χ1) is 23.5. The average Bonchev–Trinajstić information content (AvgIpc) is 3.11. The molecule has 0 aromatic heterocycles. The summed E-state index contributed by atoms with van der Waals surface area (Å²) in [5, 5.41) is 5.23. The molecule has 4 amide bonds. The van der Waals surface area contributed by atoms with E-state index in [9.17, 15) is 24.0 Å². The minimum absolute atomic E-state index is 0.0453. The van der Waals surface area contributed by atoms with Crippen molar-refractivity contribution in [2.45, 2.75) is 69.9 Å². The number of aldehydes is 1. The highest BCUT2D eigenvalue weighted by atomic mass is 19.1. The Balaban J connectivity index is 1.09. The van der Waals surface area contributed by atoms with Gasteiger partial charge in [0.2, 0.25) is 11.8 Å². The van der Waals surface area contributed by atoms with Gasteiger partial charge in [-0.25, -0.2) is 4.39 Å². The van der Waals surface area contributed by atoms with Gasteiger partial charge in [0.1, 0.15) is 11.9 Å². The van der Waals surface area contributed by atoms with Crippen LogP contribution in [0.4, 0.5) is 10.1 Å². The number of nitrogens with zero attached hydrogens (tertiary/aromatic N) is 4. The van der Waals surface area contributed by atoms with Crippen LogP contribution in [0.3, 0.4) is 0 Å². The Labute approximate surface area is 286 Å². The Morgan fingerprint density at radius 3 is 2.33 bits per heavy atom. The van der Waals surface area contributed by atoms with Crippen molar-refractivity contribution < 1.29 is 28.4 Å². The Hall–Kier alpha value is -4.46. The third-order valence-electron chi connectivity index (χ3n) is 10.3. The summed E-state index contributed by atoms with van der Waals surface area (Å²) in [6, 6.07) is 1.79. The normalized spacial score (nSPS) is 22.1. The topological polar surface area (TPSA) is 174 Å². The molecule has 1 atom stereocenters. The number of carbonyl (C=O) groups excluding carboxylic acids is 5. The third kappa shape index (κ3) is 8.97. The summed E-state index contributed by atoms with van der Waals surface area (Å²) < 4.78 is 15.4. The molecule has 0 spiro atoms. The number of piperidine rings is 2. The van der Waals surface area contributed by atoms with Crippen LogP contribution >= 0.6 is 0 Å². The summed E-state index contributed by atoms with van der Waals surface area (Å²) in [7, 11) is 1.41. The molecule has 4 aliphatic rings. The van der Waals surface area contributed by atoms with Crippen LogP contribution in [-0.4, -0.2) is 110 Å². The maximum atomic E-state index is 15.4. The molecule has 49 heavy (non-hydrogen) atoms. The molecular weight excluding hydrogens is 631 g/mol. The highest BCUT2D eigenvalue weighted by molar-refractivity contribution is 6.06. The van der Waals surface area contributed by atoms with Crippen molar-refractivity contribution in [1.82, 2.24) is 25.3 Å². The fourth-order valence-corrected chi connectivity index (χ4v) is 7.27. The zero-order chi connectivity index (χ0) is 35.1. The molecule has 1 aliphatic carbocycles. The van der Waals surface area contributed by atoms with Crippen LogP contribution in [0, 0.1) is 11.7 Å². The number of likely N-dealkylation sites (N-methyl/N-ethyl adjacent to an activating group) is 1. The van der Waals surface area contributed by atoms with Gasteiger partial charge < -0.3 is 31.5 Å². The standard InChI is InChI=1S/C35H49FN8O5/c1-41(29-8-10-32(46)40-34(29)48)35(49)26-20-27(36)30(19-24(26)22-45)43-17-15-42(16-18-43)21-23-11-13-44(14-12-23)31(38)9-7-28(37)33(47)39-25-5-3-2-4-6-25/h7,9,19-20,22-23,25,29H,2-6,8,10-18,21,37-38H2,1H3,(H,39,47)(H,40,46,48)/b28-7-,31-9+. The summed E-state index contributed by atoms with van der Waals surface area (Å²) >= 11 is 0. The molecular formula is C35H49FN8O5. The van der Waals surface area contributed by atoms with Crippen LogP contribution in [0.25, 0.3) is 0 Å². The van der Waals surface area contributed by atoms with E-state index in [-0.39, 0.29) is 47.3 Å². The molecule has 1 aromatic carbocycles. The van der Waals surface area contributed by atoms with Crippen molar-refractivity contribution >= 4 is 35.6 Å². The Bertz CT molecular complexity index is 1480. The summed E-state index contributed by atoms with van der Waals surface area (Å²) in [5.41, 5.74) is 12.7. The molecule has 0 bridgehead atoms. The first-order valence-corrected chi connectivity index (χ1v) is 17.4. The molecule has 266 valence electrons. The average molecular weight is 681 g/mol. The first-order valence-electron chi connectivity index (χ1n) is 17.4. The van der Waals surface area contributed by atoms with E-state index < -0.39 is 29.6 Å². The fraction of sp³-hybridized carbons (Fsp3) is 0.571. The Morgan fingerprint density at radius 2 is 1.67 bits per heavy atom. The molecule has 0 radical (unpaired) electrons. The maximum absolute atomic E-state index is 15.4. The predicted octanol–water partition coefficient (Wildman–Crippen LogP) is 1.44. The van der Waals surface area contributed by atoms with Gasteiger partial charge in [-0.3, -0.25) is 34.2 Å². The van der Waals surface area contributed by atoms with E-state index in [1.165, 1.54) is 19.5 Å². The lowest BCUT2D eigenvalue weighted by molar-refractivity contribution is -0.136. The number of allylic oxidation sites excluding steroid dienone is 2. The van der Waals surface area contributed by atoms with E-state index in [4.69, 9.17) is 11.5 Å². The summed E-state index contributed by atoms with van der Waals surface area (Å²) in [6.45, 7) is 5.11. The number of nitrogens with one attached hydrogen (secondary N) is 2. The number of nitrogens with two attached hydrogens (primary N) is 2. The van der Waals surface area contributed by atoms with Gasteiger partial charge in [-0.1, -0.05) is 19.3 Å². The minimum atomic E-state index is -0.881. The lowest BCUT2D eigenvalue weighted by Crippen LogP contribution is -2.53. The van der Waals surface area contributed by atoms with Gasteiger partial charge >= 0.3 is 0 Å². The van der Waals surface area contributed by atoms with Crippen molar-refractivity contribution in [2.75, 3.05) is 57.8 Å². The van der Waals surface area contributed by atoms with E-state index in [0.717, 1.165) is 82.2 Å². The van der Waals surface area contributed by atoms with E-state index in [1.54, 1.807) is 12.2 Å². The molecule has 1 unspecified atom stereocenters. The Morgan fingerprint density at radius 1 is 0.980 bits per heavy atom. The largest absolute Gasteiger partial charge is 0.394 e. The van der Waals surface area contributed by atoms with E-state index in [2.05, 4.69) is 20.4 Å². The number of rotatable bonds is 10. The molecule has 6 N–H and O–H groups in total. The smallest absolute Gasteiger partial charge is 0.267 e. The number of halogens is 1. The summed E-state index contributed by atoms with van der Waals surface area (Å²) in [5.74, 6) is -1.44. The number of benzene rings is 1. The second-order valence-corrected chi connectivity index (χ2v) is 13.6. The van der Waals surface area contributed by atoms with Gasteiger partial charge in [-0.05, 0) is 62.3 Å². The second kappa shape index (κ2) is 16.3. The zero-order valence-electron chi connectivity index (χ0n) is 28.3. The van der Waals surface area contributed by atoms with Crippen molar-refractivity contribution in [1.29, 1.82) is 0 Å². The van der Waals surface area contributed by atoms with Crippen LogP contribution in [0.15, 0.2) is 35.8 Å². The van der Waals surface area contributed by atoms with Gasteiger partial charge in [0, 0.05) is 70.9 Å². The van der Waals surface area contributed by atoms with Crippen molar-refractivity contribution in [3.8, 4) is 0 Å². The molecule has 3 aliphatic heterocycles. The molecule has 5 rings (SSSR count). The minimum Gasteiger partial charge on any atom is -0.394 e. The quantitative estimate of drug-likeness (QED) is 0.123. The summed E-state index contributed by atoms with van der Waals surface area (Å²) in [4.78, 5) is 68.9. The number of amides is 4.